The molecule has 27 heavy (non-hydrogen) atoms. The molecule has 0 atom stereocenters. The van der Waals surface area contributed by atoms with Crippen LogP contribution < -0.4 is 19.5 Å². The van der Waals surface area contributed by atoms with Crippen molar-refractivity contribution in [2.45, 2.75) is 25.7 Å². The molecule has 2 N–H and O–H groups in total. The van der Waals surface area contributed by atoms with E-state index in [4.69, 9.17) is 9.47 Å². The molecule has 0 fully saturated rings. The van der Waals surface area contributed by atoms with Gasteiger partial charge in [-0.1, -0.05) is 6.07 Å². The van der Waals surface area contributed by atoms with Crippen LogP contribution in [-0.4, -0.2) is 28.0 Å². The van der Waals surface area contributed by atoms with Crippen molar-refractivity contribution in [3.8, 4) is 11.5 Å². The van der Waals surface area contributed by atoms with Crippen molar-refractivity contribution >= 4 is 27.3 Å². The second-order valence-electron chi connectivity index (χ2n) is 7.10. The van der Waals surface area contributed by atoms with Gasteiger partial charge in [0.25, 0.3) is 10.0 Å². The first-order chi connectivity index (χ1) is 12.6. The van der Waals surface area contributed by atoms with E-state index in [0.717, 1.165) is 5.56 Å². The fourth-order valence-electron chi connectivity index (χ4n) is 2.64. The summed E-state index contributed by atoms with van der Waals surface area (Å²) in [6, 6.07) is 9.67. The number of ether oxygens (including phenoxy) is 2. The zero-order valence-electron chi connectivity index (χ0n) is 15.6. The number of amides is 1. The van der Waals surface area contributed by atoms with Crippen LogP contribution in [0.1, 0.15) is 19.4 Å². The summed E-state index contributed by atoms with van der Waals surface area (Å²) in [5.41, 5.74) is 0.831. The van der Waals surface area contributed by atoms with Gasteiger partial charge in [-0.15, -0.1) is 0 Å². The SMILES string of the molecule is COc1ccc(C)cc1S(=O)(=O)Nc1ccc2c(c1)NC(=O)C(C)(C)CO2. The van der Waals surface area contributed by atoms with Crippen LogP contribution in [0.2, 0.25) is 0 Å². The smallest absolute Gasteiger partial charge is 0.265 e. The minimum absolute atomic E-state index is 0.0429. The van der Waals surface area contributed by atoms with E-state index in [1.54, 1.807) is 45.0 Å². The number of carbonyl (C=O) groups is 1. The zero-order valence-corrected chi connectivity index (χ0v) is 16.4. The third kappa shape index (κ3) is 3.85. The van der Waals surface area contributed by atoms with Crippen LogP contribution in [0.25, 0.3) is 0 Å². The Kier molecular flexibility index (Phi) is 4.77. The fourth-order valence-corrected chi connectivity index (χ4v) is 3.94. The molecular weight excluding hydrogens is 368 g/mol. The molecule has 1 aliphatic rings. The van der Waals surface area contributed by atoms with Crippen LogP contribution in [0.5, 0.6) is 11.5 Å². The lowest BCUT2D eigenvalue weighted by Crippen LogP contribution is -2.33. The van der Waals surface area contributed by atoms with Gasteiger partial charge >= 0.3 is 0 Å². The third-order valence-corrected chi connectivity index (χ3v) is 5.69. The average Bonchev–Trinajstić information content (AvgIpc) is 2.71. The number of carbonyl (C=O) groups excluding carboxylic acids is 1. The maximum Gasteiger partial charge on any atom is 0.265 e. The predicted molar refractivity (Wildman–Crippen MR) is 103 cm³/mol. The van der Waals surface area contributed by atoms with Crippen LogP contribution in [-0.2, 0) is 14.8 Å². The minimum atomic E-state index is -3.88. The highest BCUT2D eigenvalue weighted by Gasteiger charge is 2.32. The summed E-state index contributed by atoms with van der Waals surface area (Å²) >= 11 is 0. The lowest BCUT2D eigenvalue weighted by Gasteiger charge is -2.18. The summed E-state index contributed by atoms with van der Waals surface area (Å²) in [4.78, 5) is 12.3. The second kappa shape index (κ2) is 6.77. The molecule has 0 bridgehead atoms. The summed E-state index contributed by atoms with van der Waals surface area (Å²) in [7, 11) is -2.46. The van der Waals surface area contributed by atoms with Crippen molar-refractivity contribution in [1.82, 2.24) is 0 Å². The molecule has 0 aliphatic carbocycles. The van der Waals surface area contributed by atoms with Crippen molar-refractivity contribution < 1.29 is 22.7 Å². The Hall–Kier alpha value is -2.74. The third-order valence-electron chi connectivity index (χ3n) is 4.29. The predicted octanol–water partition coefficient (Wildman–Crippen LogP) is 3.16. The van der Waals surface area contributed by atoms with E-state index in [2.05, 4.69) is 10.0 Å². The molecule has 0 aromatic heterocycles. The Morgan fingerprint density at radius 2 is 1.93 bits per heavy atom. The van der Waals surface area contributed by atoms with Gasteiger partial charge < -0.3 is 14.8 Å². The summed E-state index contributed by atoms with van der Waals surface area (Å²) in [5.74, 6) is 0.549. The summed E-state index contributed by atoms with van der Waals surface area (Å²) < 4.78 is 39.0. The van der Waals surface area contributed by atoms with E-state index < -0.39 is 15.4 Å². The molecule has 1 aliphatic heterocycles. The van der Waals surface area contributed by atoms with Crippen LogP contribution in [0, 0.1) is 12.3 Å². The van der Waals surface area contributed by atoms with Crippen molar-refractivity contribution in [3.63, 3.8) is 0 Å². The molecule has 1 heterocycles. The molecule has 0 unspecified atom stereocenters. The largest absolute Gasteiger partial charge is 0.495 e. The molecule has 3 rings (SSSR count). The zero-order chi connectivity index (χ0) is 19.8. The molecule has 0 radical (unpaired) electrons. The van der Waals surface area contributed by atoms with Crippen LogP contribution >= 0.6 is 0 Å². The van der Waals surface area contributed by atoms with Gasteiger partial charge in [-0.05, 0) is 56.7 Å². The minimum Gasteiger partial charge on any atom is -0.495 e. The molecule has 1 amide bonds. The maximum absolute atomic E-state index is 12.8. The number of sulfonamides is 1. The van der Waals surface area contributed by atoms with Crippen LogP contribution in [0.15, 0.2) is 41.3 Å². The lowest BCUT2D eigenvalue weighted by atomic mass is 9.94. The number of nitrogens with one attached hydrogen (secondary N) is 2. The van der Waals surface area contributed by atoms with E-state index in [9.17, 15) is 13.2 Å². The number of aryl methyl sites for hydroxylation is 1. The monoisotopic (exact) mass is 390 g/mol. The first-order valence-corrected chi connectivity index (χ1v) is 9.86. The standard InChI is InChI=1S/C19H22N2O5S/c1-12-5-7-16(25-4)17(9-12)27(23,24)21-13-6-8-15-14(10-13)20-18(22)19(2,3)11-26-15/h5-10,21H,11H2,1-4H3,(H,20,22). The lowest BCUT2D eigenvalue weighted by molar-refractivity contribution is -0.124. The number of anilines is 2. The van der Waals surface area contributed by atoms with E-state index in [0.29, 0.717) is 17.1 Å². The Balaban J connectivity index is 1.94. The van der Waals surface area contributed by atoms with E-state index in [1.807, 2.05) is 0 Å². The van der Waals surface area contributed by atoms with E-state index >= 15 is 0 Å². The first-order valence-electron chi connectivity index (χ1n) is 8.38. The fraction of sp³-hybridized carbons (Fsp3) is 0.316. The Morgan fingerprint density at radius 1 is 1.19 bits per heavy atom. The average molecular weight is 390 g/mol. The number of methoxy groups -OCH3 is 1. The molecular formula is C19H22N2O5S. The maximum atomic E-state index is 12.8. The summed E-state index contributed by atoms with van der Waals surface area (Å²) in [6.07, 6.45) is 0. The van der Waals surface area contributed by atoms with Gasteiger partial charge in [0, 0.05) is 0 Å². The highest BCUT2D eigenvalue weighted by Crippen LogP contribution is 2.35. The van der Waals surface area contributed by atoms with Gasteiger partial charge in [-0.25, -0.2) is 8.42 Å². The Bertz CT molecular complexity index is 999. The van der Waals surface area contributed by atoms with E-state index in [-0.39, 0.29) is 23.2 Å². The van der Waals surface area contributed by atoms with Gasteiger partial charge in [-0.3, -0.25) is 9.52 Å². The normalized spacial score (nSPS) is 15.8. The number of hydrogen-bond acceptors (Lipinski definition) is 5. The molecule has 144 valence electrons. The van der Waals surface area contributed by atoms with Crippen molar-refractivity contribution in [3.05, 3.63) is 42.0 Å². The molecule has 2 aromatic rings. The number of rotatable bonds is 4. The van der Waals surface area contributed by atoms with Gasteiger partial charge in [0.15, 0.2) is 0 Å². The summed E-state index contributed by atoms with van der Waals surface area (Å²) in [5, 5.41) is 2.79. The van der Waals surface area contributed by atoms with Gasteiger partial charge in [-0.2, -0.15) is 0 Å². The second-order valence-corrected chi connectivity index (χ2v) is 8.75. The van der Waals surface area contributed by atoms with Crippen LogP contribution in [0.3, 0.4) is 0 Å². The van der Waals surface area contributed by atoms with Crippen molar-refractivity contribution in [1.29, 1.82) is 0 Å². The van der Waals surface area contributed by atoms with Crippen molar-refractivity contribution in [2.24, 2.45) is 5.41 Å². The molecule has 0 spiro atoms. The van der Waals surface area contributed by atoms with Gasteiger partial charge in [0.1, 0.15) is 23.0 Å². The van der Waals surface area contributed by atoms with E-state index in [1.165, 1.54) is 19.2 Å². The quantitative estimate of drug-likeness (QED) is 0.836. The molecule has 0 saturated carbocycles. The first kappa shape index (κ1) is 19.0. The van der Waals surface area contributed by atoms with Gasteiger partial charge in [0.2, 0.25) is 5.91 Å². The van der Waals surface area contributed by atoms with Gasteiger partial charge in [0.05, 0.1) is 23.9 Å². The molecule has 7 nitrogen and oxygen atoms in total. The highest BCUT2D eigenvalue weighted by atomic mass is 32.2. The topological polar surface area (TPSA) is 93.7 Å². The Labute approximate surface area is 158 Å². The number of hydrogen-bond donors (Lipinski definition) is 2. The van der Waals surface area contributed by atoms with Crippen LogP contribution in [0.4, 0.5) is 11.4 Å². The Morgan fingerprint density at radius 3 is 2.63 bits per heavy atom. The summed E-state index contributed by atoms with van der Waals surface area (Å²) in [6.45, 7) is 5.59. The number of fused-ring (bicyclic) bond motifs is 1. The molecule has 0 saturated heterocycles. The molecule has 8 heteroatoms. The number of benzene rings is 2. The molecule has 2 aromatic carbocycles. The highest BCUT2D eigenvalue weighted by molar-refractivity contribution is 7.92. The van der Waals surface area contributed by atoms with Crippen molar-refractivity contribution in [2.75, 3.05) is 23.8 Å².